The third-order valence-electron chi connectivity index (χ3n) is 12.3. The molecule has 0 unspecified atom stereocenters. The molecule has 3 nitrogen and oxygen atoms in total. The Morgan fingerprint density at radius 1 is 0.339 bits per heavy atom. The molecule has 280 valence electrons. The number of hydrogen-bond donors (Lipinski definition) is 0. The average Bonchev–Trinajstić information content (AvgIpc) is 3.31. The summed E-state index contributed by atoms with van der Waals surface area (Å²) in [7, 11) is 0. The van der Waals surface area contributed by atoms with Crippen LogP contribution in [0.15, 0.2) is 210 Å². The van der Waals surface area contributed by atoms with Crippen molar-refractivity contribution >= 4 is 11.8 Å². The van der Waals surface area contributed by atoms with Crippen LogP contribution in [0.25, 0.3) is 56.4 Å². The van der Waals surface area contributed by atoms with Crippen molar-refractivity contribution in [1.82, 2.24) is 15.0 Å². The van der Waals surface area contributed by atoms with Gasteiger partial charge in [0.25, 0.3) is 0 Å². The smallest absolute Gasteiger partial charge is 0.164 e. The molecule has 1 aromatic heterocycles. The van der Waals surface area contributed by atoms with Crippen molar-refractivity contribution in [3.8, 4) is 56.4 Å². The molecule has 0 N–H and O–H groups in total. The maximum atomic E-state index is 5.12. The van der Waals surface area contributed by atoms with E-state index in [1.807, 2.05) is 36.0 Å². The third-order valence-corrected chi connectivity index (χ3v) is 13.5. The van der Waals surface area contributed by atoms with Crippen LogP contribution in [0.3, 0.4) is 0 Å². The molecule has 11 rings (SSSR count). The Morgan fingerprint density at radius 2 is 0.780 bits per heavy atom. The molecule has 1 spiro atoms. The van der Waals surface area contributed by atoms with E-state index in [2.05, 4.69) is 190 Å². The maximum Gasteiger partial charge on any atom is 0.164 e. The molecule has 2 aliphatic rings. The zero-order chi connectivity index (χ0) is 39.6. The fraction of sp³-hybridized carbons (Fsp3) is 0.0727. The van der Waals surface area contributed by atoms with Gasteiger partial charge >= 0.3 is 0 Å². The Bertz CT molecular complexity index is 3000. The third kappa shape index (κ3) is 5.62. The predicted molar refractivity (Wildman–Crippen MR) is 242 cm³/mol. The van der Waals surface area contributed by atoms with Gasteiger partial charge in [-0.1, -0.05) is 214 Å². The van der Waals surface area contributed by atoms with Crippen LogP contribution in [-0.2, 0) is 10.8 Å². The minimum absolute atomic E-state index is 0.147. The van der Waals surface area contributed by atoms with E-state index in [0.717, 1.165) is 33.4 Å². The molecule has 4 heteroatoms. The Balaban J connectivity index is 1.05. The number of hydrogen-bond acceptors (Lipinski definition) is 4. The minimum atomic E-state index is -0.469. The first-order valence-corrected chi connectivity index (χ1v) is 21.0. The maximum absolute atomic E-state index is 5.12. The van der Waals surface area contributed by atoms with Gasteiger partial charge in [-0.05, 0) is 67.8 Å². The second-order valence-electron chi connectivity index (χ2n) is 15.9. The van der Waals surface area contributed by atoms with E-state index in [4.69, 9.17) is 15.0 Å². The van der Waals surface area contributed by atoms with Gasteiger partial charge < -0.3 is 0 Å². The fourth-order valence-corrected chi connectivity index (χ4v) is 10.8. The van der Waals surface area contributed by atoms with E-state index in [1.165, 1.54) is 48.7 Å². The van der Waals surface area contributed by atoms with Crippen LogP contribution in [0.5, 0.6) is 0 Å². The first-order valence-electron chi connectivity index (χ1n) is 20.2. The van der Waals surface area contributed by atoms with Gasteiger partial charge in [0.05, 0.1) is 5.41 Å². The van der Waals surface area contributed by atoms with Gasteiger partial charge in [-0.25, -0.2) is 15.0 Å². The van der Waals surface area contributed by atoms with Crippen molar-refractivity contribution in [2.75, 3.05) is 0 Å². The van der Waals surface area contributed by atoms with Gasteiger partial charge in [0.2, 0.25) is 0 Å². The normalized spacial score (nSPS) is 14.1. The summed E-state index contributed by atoms with van der Waals surface area (Å²) in [6.07, 6.45) is 0. The van der Waals surface area contributed by atoms with E-state index >= 15 is 0 Å². The summed E-state index contributed by atoms with van der Waals surface area (Å²) in [6.45, 7) is 4.75. The van der Waals surface area contributed by atoms with Crippen molar-refractivity contribution in [1.29, 1.82) is 0 Å². The highest BCUT2D eigenvalue weighted by Gasteiger charge is 2.52. The molecule has 59 heavy (non-hydrogen) atoms. The first-order chi connectivity index (χ1) is 29.0. The van der Waals surface area contributed by atoms with E-state index in [1.54, 1.807) is 0 Å². The van der Waals surface area contributed by atoms with E-state index < -0.39 is 5.41 Å². The number of rotatable bonds is 5. The summed E-state index contributed by atoms with van der Waals surface area (Å²) in [6, 6.07) is 72.0. The van der Waals surface area contributed by atoms with Crippen LogP contribution < -0.4 is 0 Å². The minimum Gasteiger partial charge on any atom is -0.208 e. The quantitative estimate of drug-likeness (QED) is 0.175. The van der Waals surface area contributed by atoms with Gasteiger partial charge in [0, 0.05) is 31.9 Å². The summed E-state index contributed by atoms with van der Waals surface area (Å²) < 4.78 is 0. The number of benzene rings is 8. The zero-order valence-corrected chi connectivity index (χ0v) is 33.6. The van der Waals surface area contributed by atoms with Crippen molar-refractivity contribution in [2.24, 2.45) is 0 Å². The van der Waals surface area contributed by atoms with E-state index in [-0.39, 0.29) is 5.41 Å². The van der Waals surface area contributed by atoms with E-state index in [9.17, 15) is 0 Å². The number of aromatic nitrogens is 3. The lowest BCUT2D eigenvalue weighted by Crippen LogP contribution is -2.43. The van der Waals surface area contributed by atoms with E-state index in [0.29, 0.717) is 17.5 Å². The Labute approximate surface area is 349 Å². The highest BCUT2D eigenvalue weighted by atomic mass is 32.2. The molecule has 0 fully saturated rings. The highest BCUT2D eigenvalue weighted by molar-refractivity contribution is 7.99. The standard InChI is InChI=1S/C55H39N3S/c1-54(2)43-24-9-11-26-45(43)55(46-27-12-10-25-44(46)54)47-28-13-14-30-49(47)59-50-42(23-16-29-48(50)55)37-31-33-39(34-32-37)52-56-51(38-19-7-4-8-20-38)57-53(58-52)41-22-15-21-40(35-41)36-17-5-3-6-18-36/h3-35H,1-2H3. The van der Waals surface area contributed by atoms with Crippen LogP contribution in [0, 0.1) is 0 Å². The average molecular weight is 774 g/mol. The van der Waals surface area contributed by atoms with Crippen LogP contribution in [0.4, 0.5) is 0 Å². The van der Waals surface area contributed by atoms with Gasteiger partial charge in [-0.2, -0.15) is 0 Å². The summed E-state index contributed by atoms with van der Waals surface area (Å²) in [5.74, 6) is 1.93. The number of nitrogens with zero attached hydrogens (tertiary/aromatic N) is 3. The molecule has 0 bridgehead atoms. The Kier molecular flexibility index (Phi) is 8.31. The molecule has 9 aromatic rings. The largest absolute Gasteiger partial charge is 0.208 e. The topological polar surface area (TPSA) is 38.7 Å². The van der Waals surface area contributed by atoms with Crippen LogP contribution in [0.2, 0.25) is 0 Å². The van der Waals surface area contributed by atoms with Crippen LogP contribution in [0.1, 0.15) is 47.2 Å². The van der Waals surface area contributed by atoms with Crippen molar-refractivity contribution in [3.05, 3.63) is 234 Å². The van der Waals surface area contributed by atoms with Crippen molar-refractivity contribution < 1.29 is 0 Å². The molecule has 0 radical (unpaired) electrons. The van der Waals surface area contributed by atoms with Gasteiger partial charge in [0.1, 0.15) is 0 Å². The molecule has 0 atom stereocenters. The second kappa shape index (κ2) is 13.9. The molecule has 0 saturated carbocycles. The molecule has 1 aliphatic carbocycles. The molecular weight excluding hydrogens is 735 g/mol. The molecule has 8 aromatic carbocycles. The fourth-order valence-electron chi connectivity index (χ4n) is 9.49. The number of fused-ring (bicyclic) bond motifs is 8. The Morgan fingerprint density at radius 3 is 1.42 bits per heavy atom. The molecule has 2 heterocycles. The monoisotopic (exact) mass is 773 g/mol. The summed E-state index contributed by atoms with van der Waals surface area (Å²) >= 11 is 1.89. The zero-order valence-electron chi connectivity index (χ0n) is 32.8. The van der Waals surface area contributed by atoms with Crippen LogP contribution >= 0.6 is 11.8 Å². The summed E-state index contributed by atoms with van der Waals surface area (Å²) in [5.41, 5.74) is 15.0. The van der Waals surface area contributed by atoms with Gasteiger partial charge in [0.15, 0.2) is 17.5 Å². The molecule has 1 aliphatic heterocycles. The van der Waals surface area contributed by atoms with Gasteiger partial charge in [-0.3, -0.25) is 0 Å². The predicted octanol–water partition coefficient (Wildman–Crippen LogP) is 13.7. The SMILES string of the molecule is CC1(C)c2ccccc2C2(c3ccccc3Sc3c(-c4ccc(-c5nc(-c6ccccc6)nc(-c6cccc(-c7ccccc7)c6)n5)cc4)cccc32)c2ccccc21. The Hall–Kier alpha value is -6.88. The molecule has 0 saturated heterocycles. The summed E-state index contributed by atoms with van der Waals surface area (Å²) in [4.78, 5) is 17.8. The van der Waals surface area contributed by atoms with Crippen molar-refractivity contribution in [2.45, 2.75) is 34.5 Å². The second-order valence-corrected chi connectivity index (χ2v) is 17.0. The van der Waals surface area contributed by atoms with Gasteiger partial charge in [-0.15, -0.1) is 0 Å². The molecular formula is C55H39N3S. The highest BCUT2D eigenvalue weighted by Crippen LogP contribution is 2.62. The van der Waals surface area contributed by atoms with Crippen LogP contribution in [-0.4, -0.2) is 15.0 Å². The molecule has 0 amide bonds. The lowest BCUT2D eigenvalue weighted by atomic mass is 9.54. The lowest BCUT2D eigenvalue weighted by Gasteiger charge is -2.50. The van der Waals surface area contributed by atoms with Crippen molar-refractivity contribution in [3.63, 3.8) is 0 Å². The lowest BCUT2D eigenvalue weighted by molar-refractivity contribution is 0.549. The first kappa shape index (κ1) is 35.3. The summed E-state index contributed by atoms with van der Waals surface area (Å²) in [5, 5.41) is 0.